The molecule has 1 fully saturated rings. The van der Waals surface area contributed by atoms with E-state index in [1.54, 1.807) is 23.1 Å². The minimum absolute atomic E-state index is 0.0723. The summed E-state index contributed by atoms with van der Waals surface area (Å²) in [6.07, 6.45) is 1.23. The smallest absolute Gasteiger partial charge is 0.271 e. The van der Waals surface area contributed by atoms with Gasteiger partial charge in [-0.2, -0.15) is 5.10 Å². The number of nitrogens with zero attached hydrogens (tertiary/aromatic N) is 2. The van der Waals surface area contributed by atoms with Gasteiger partial charge in [-0.05, 0) is 37.1 Å². The second kappa shape index (κ2) is 9.07. The Balaban J connectivity index is 1.45. The zero-order valence-corrected chi connectivity index (χ0v) is 16.3. The molecule has 2 heterocycles. The van der Waals surface area contributed by atoms with E-state index in [0.29, 0.717) is 41.7 Å². The number of piperidine rings is 1. The molecule has 1 aliphatic heterocycles. The number of aromatic amines is 1. The van der Waals surface area contributed by atoms with Crippen LogP contribution in [0.4, 0.5) is 0 Å². The van der Waals surface area contributed by atoms with Gasteiger partial charge in [0.25, 0.3) is 17.4 Å². The van der Waals surface area contributed by atoms with Crippen LogP contribution in [0.25, 0.3) is 0 Å². The summed E-state index contributed by atoms with van der Waals surface area (Å²) in [5, 5.41) is 9.63. The normalized spacial score (nSPS) is 14.6. The van der Waals surface area contributed by atoms with Crippen molar-refractivity contribution in [2.24, 2.45) is 0 Å². The maximum atomic E-state index is 12.3. The highest BCUT2D eigenvalue weighted by Crippen LogP contribution is 2.27. The number of hydrogen-bond donors (Lipinski definition) is 2. The lowest BCUT2D eigenvalue weighted by Gasteiger charge is -2.32. The molecule has 1 saturated heterocycles. The molecule has 1 aromatic carbocycles. The average molecular weight is 425 g/mol. The number of halogens is 2. The molecule has 0 unspecified atom stereocenters. The molecule has 0 atom stereocenters. The summed E-state index contributed by atoms with van der Waals surface area (Å²) >= 11 is 11.9. The molecule has 2 N–H and O–H groups in total. The van der Waals surface area contributed by atoms with Crippen LogP contribution in [0.5, 0.6) is 5.75 Å². The van der Waals surface area contributed by atoms with Crippen molar-refractivity contribution in [3.8, 4) is 5.75 Å². The van der Waals surface area contributed by atoms with Crippen LogP contribution in [0.2, 0.25) is 10.0 Å². The Kier molecular flexibility index (Phi) is 6.53. The monoisotopic (exact) mass is 424 g/mol. The van der Waals surface area contributed by atoms with Crippen molar-refractivity contribution in [1.82, 2.24) is 20.4 Å². The number of benzene rings is 1. The van der Waals surface area contributed by atoms with Gasteiger partial charge < -0.3 is 15.0 Å². The molecule has 0 saturated carbocycles. The molecule has 0 spiro atoms. The van der Waals surface area contributed by atoms with Crippen LogP contribution in [0.15, 0.2) is 35.1 Å². The third kappa shape index (κ3) is 5.24. The van der Waals surface area contributed by atoms with E-state index in [-0.39, 0.29) is 35.7 Å². The predicted molar refractivity (Wildman–Crippen MR) is 104 cm³/mol. The zero-order valence-electron chi connectivity index (χ0n) is 14.8. The SMILES string of the molecule is O=C(NC1CCN(C(=O)COc2ccc(Cl)cc2Cl)CC1)c1ccc(=O)[nH]n1. The highest BCUT2D eigenvalue weighted by atomic mass is 35.5. The molecule has 2 aromatic rings. The summed E-state index contributed by atoms with van der Waals surface area (Å²) in [7, 11) is 0. The number of amides is 2. The fraction of sp³-hybridized carbons (Fsp3) is 0.333. The van der Waals surface area contributed by atoms with Crippen LogP contribution in [-0.2, 0) is 4.79 Å². The second-order valence-electron chi connectivity index (χ2n) is 6.30. The fourth-order valence-electron chi connectivity index (χ4n) is 2.83. The highest BCUT2D eigenvalue weighted by molar-refractivity contribution is 6.35. The quantitative estimate of drug-likeness (QED) is 0.762. The maximum absolute atomic E-state index is 12.3. The van der Waals surface area contributed by atoms with E-state index in [1.165, 1.54) is 12.1 Å². The summed E-state index contributed by atoms with van der Waals surface area (Å²) in [5.74, 6) is -0.116. The molecule has 2 amide bonds. The van der Waals surface area contributed by atoms with Gasteiger partial charge in [0.15, 0.2) is 6.61 Å². The first-order chi connectivity index (χ1) is 13.4. The van der Waals surface area contributed by atoms with Crippen molar-refractivity contribution < 1.29 is 14.3 Å². The Morgan fingerprint density at radius 2 is 1.96 bits per heavy atom. The van der Waals surface area contributed by atoms with Crippen LogP contribution < -0.4 is 15.6 Å². The van der Waals surface area contributed by atoms with E-state index in [0.717, 1.165) is 0 Å². The number of H-pyrrole nitrogens is 1. The molecule has 8 nitrogen and oxygen atoms in total. The third-order valence-corrected chi connectivity index (χ3v) is 4.87. The van der Waals surface area contributed by atoms with E-state index < -0.39 is 0 Å². The van der Waals surface area contributed by atoms with Crippen molar-refractivity contribution in [1.29, 1.82) is 0 Å². The van der Waals surface area contributed by atoms with Crippen molar-refractivity contribution in [3.63, 3.8) is 0 Å². The van der Waals surface area contributed by atoms with Gasteiger partial charge in [-0.25, -0.2) is 5.10 Å². The van der Waals surface area contributed by atoms with Crippen LogP contribution in [-0.4, -0.2) is 52.6 Å². The maximum Gasteiger partial charge on any atom is 0.271 e. The summed E-state index contributed by atoms with van der Waals surface area (Å²) in [5.41, 5.74) is -0.225. The molecular weight excluding hydrogens is 407 g/mol. The minimum atomic E-state index is -0.370. The lowest BCUT2D eigenvalue weighted by Crippen LogP contribution is -2.47. The summed E-state index contributed by atoms with van der Waals surface area (Å²) in [4.78, 5) is 37.2. The van der Waals surface area contributed by atoms with Crippen molar-refractivity contribution >= 4 is 35.0 Å². The lowest BCUT2D eigenvalue weighted by atomic mass is 10.0. The number of nitrogens with one attached hydrogen (secondary N) is 2. The predicted octanol–water partition coefficient (Wildman–Crippen LogP) is 1.88. The molecule has 0 aliphatic carbocycles. The number of aromatic nitrogens is 2. The standard InChI is InChI=1S/C18H18Cl2N4O4/c19-11-1-3-15(13(20)9-11)28-10-17(26)24-7-5-12(6-8-24)21-18(27)14-2-4-16(25)23-22-14/h1-4,9,12H,5-8,10H2,(H,21,27)(H,23,25). The topological polar surface area (TPSA) is 104 Å². The number of rotatable bonds is 5. The van der Waals surface area contributed by atoms with Crippen LogP contribution in [0, 0.1) is 0 Å². The van der Waals surface area contributed by atoms with Gasteiger partial charge in [-0.3, -0.25) is 14.4 Å². The number of carbonyl (C=O) groups is 2. The Morgan fingerprint density at radius 1 is 1.21 bits per heavy atom. The van der Waals surface area contributed by atoms with Gasteiger partial charge in [-0.15, -0.1) is 0 Å². The summed E-state index contributed by atoms with van der Waals surface area (Å²) < 4.78 is 5.48. The van der Waals surface area contributed by atoms with Crippen molar-refractivity contribution in [3.05, 3.63) is 56.4 Å². The molecule has 148 valence electrons. The summed E-state index contributed by atoms with van der Waals surface area (Å²) in [6.45, 7) is 0.876. The molecule has 0 radical (unpaired) electrons. The minimum Gasteiger partial charge on any atom is -0.482 e. The number of ether oxygens (including phenoxy) is 1. The Bertz CT molecular complexity index is 906. The molecule has 0 bridgehead atoms. The molecule has 1 aromatic heterocycles. The second-order valence-corrected chi connectivity index (χ2v) is 7.14. The number of carbonyl (C=O) groups excluding carboxylic acids is 2. The average Bonchev–Trinajstić information content (AvgIpc) is 2.68. The summed E-state index contributed by atoms with van der Waals surface area (Å²) in [6, 6.07) is 7.34. The Morgan fingerprint density at radius 3 is 2.61 bits per heavy atom. The van der Waals surface area contributed by atoms with Crippen LogP contribution >= 0.6 is 23.2 Å². The number of likely N-dealkylation sites (tertiary alicyclic amines) is 1. The Hall–Kier alpha value is -2.58. The zero-order chi connectivity index (χ0) is 20.1. The molecular formula is C18H18Cl2N4O4. The fourth-order valence-corrected chi connectivity index (χ4v) is 3.29. The van der Waals surface area contributed by atoms with E-state index in [1.807, 2.05) is 0 Å². The van der Waals surface area contributed by atoms with Gasteiger partial charge in [0.05, 0.1) is 5.02 Å². The first-order valence-corrected chi connectivity index (χ1v) is 9.40. The van der Waals surface area contributed by atoms with Gasteiger partial charge in [0.2, 0.25) is 0 Å². The largest absolute Gasteiger partial charge is 0.482 e. The molecule has 10 heteroatoms. The molecule has 28 heavy (non-hydrogen) atoms. The van der Waals surface area contributed by atoms with E-state index in [9.17, 15) is 14.4 Å². The van der Waals surface area contributed by atoms with Gasteiger partial charge in [-0.1, -0.05) is 23.2 Å². The molecule has 3 rings (SSSR count). The van der Waals surface area contributed by atoms with E-state index in [2.05, 4.69) is 15.5 Å². The number of hydrogen-bond acceptors (Lipinski definition) is 5. The highest BCUT2D eigenvalue weighted by Gasteiger charge is 2.25. The van der Waals surface area contributed by atoms with Crippen molar-refractivity contribution in [2.45, 2.75) is 18.9 Å². The van der Waals surface area contributed by atoms with Gasteiger partial charge >= 0.3 is 0 Å². The third-order valence-electron chi connectivity index (χ3n) is 4.34. The first-order valence-electron chi connectivity index (χ1n) is 8.64. The lowest BCUT2D eigenvalue weighted by molar-refractivity contribution is -0.134. The Labute approximate surface area is 170 Å². The van der Waals surface area contributed by atoms with Gasteiger partial charge in [0.1, 0.15) is 11.4 Å². The first kappa shape index (κ1) is 20.2. The van der Waals surface area contributed by atoms with Crippen LogP contribution in [0.3, 0.4) is 0 Å². The molecule has 1 aliphatic rings. The van der Waals surface area contributed by atoms with E-state index in [4.69, 9.17) is 27.9 Å². The van der Waals surface area contributed by atoms with Crippen molar-refractivity contribution in [2.75, 3.05) is 19.7 Å². The van der Waals surface area contributed by atoms with Gasteiger partial charge in [0, 0.05) is 30.2 Å². The van der Waals surface area contributed by atoms with Crippen LogP contribution in [0.1, 0.15) is 23.3 Å². The van der Waals surface area contributed by atoms with E-state index >= 15 is 0 Å².